The van der Waals surface area contributed by atoms with Gasteiger partial charge in [0.05, 0.1) is 0 Å². The Hall–Kier alpha value is -1.28. The van der Waals surface area contributed by atoms with Gasteiger partial charge in [0.1, 0.15) is 0 Å². The molecule has 2 aromatic rings. The van der Waals surface area contributed by atoms with Crippen LogP contribution in [-0.2, 0) is 7.05 Å². The molecule has 1 aromatic carbocycles. The van der Waals surface area contributed by atoms with E-state index in [1.165, 1.54) is 22.0 Å². The molecule has 1 unspecified atom stereocenters. The molecule has 0 aliphatic carbocycles. The lowest BCUT2D eigenvalue weighted by molar-refractivity contribution is 0.273. The van der Waals surface area contributed by atoms with Crippen molar-refractivity contribution in [1.29, 1.82) is 0 Å². The summed E-state index contributed by atoms with van der Waals surface area (Å²) in [6.45, 7) is 4.37. The normalized spacial score (nSPS) is 13.3. The van der Waals surface area contributed by atoms with E-state index in [4.69, 9.17) is 5.11 Å². The smallest absolute Gasteiger partial charge is 0.0497 e. The predicted octanol–water partition coefficient (Wildman–Crippen LogP) is 2.58. The molecular weight excluding hydrogens is 186 g/mol. The Morgan fingerprint density at radius 1 is 1.40 bits per heavy atom. The Kier molecular flexibility index (Phi) is 2.53. The van der Waals surface area contributed by atoms with Crippen molar-refractivity contribution < 1.29 is 5.11 Å². The van der Waals surface area contributed by atoms with Crippen molar-refractivity contribution >= 4 is 10.9 Å². The first-order valence-corrected chi connectivity index (χ1v) is 5.30. The van der Waals surface area contributed by atoms with E-state index >= 15 is 0 Å². The van der Waals surface area contributed by atoms with Gasteiger partial charge in [0.25, 0.3) is 0 Å². The third-order valence-corrected chi connectivity index (χ3v) is 3.06. The molecule has 0 fully saturated rings. The van der Waals surface area contributed by atoms with Gasteiger partial charge in [0.15, 0.2) is 0 Å². The third kappa shape index (κ3) is 1.65. The molecule has 80 valence electrons. The summed E-state index contributed by atoms with van der Waals surface area (Å²) in [6, 6.07) is 6.41. The topological polar surface area (TPSA) is 25.2 Å². The van der Waals surface area contributed by atoms with Crippen molar-refractivity contribution in [3.8, 4) is 0 Å². The molecule has 2 heteroatoms. The maximum absolute atomic E-state index is 9.13. The molecule has 0 amide bonds. The van der Waals surface area contributed by atoms with E-state index in [1.54, 1.807) is 0 Å². The molecule has 0 radical (unpaired) electrons. The van der Waals surface area contributed by atoms with E-state index in [2.05, 4.69) is 42.9 Å². The second-order valence-corrected chi connectivity index (χ2v) is 4.28. The maximum atomic E-state index is 9.13. The van der Waals surface area contributed by atoms with Gasteiger partial charge in [-0.25, -0.2) is 0 Å². The van der Waals surface area contributed by atoms with Crippen molar-refractivity contribution in [2.45, 2.75) is 19.8 Å². The van der Waals surface area contributed by atoms with Crippen LogP contribution in [0.4, 0.5) is 0 Å². The first-order chi connectivity index (χ1) is 7.13. The molecule has 2 nitrogen and oxygen atoms in total. The van der Waals surface area contributed by atoms with E-state index in [0.29, 0.717) is 0 Å². The van der Waals surface area contributed by atoms with Crippen molar-refractivity contribution in [2.24, 2.45) is 7.05 Å². The van der Waals surface area contributed by atoms with Gasteiger partial charge in [-0.1, -0.05) is 13.0 Å². The maximum Gasteiger partial charge on any atom is 0.0497 e. The van der Waals surface area contributed by atoms with Gasteiger partial charge in [0.2, 0.25) is 0 Å². The van der Waals surface area contributed by atoms with Crippen LogP contribution in [-0.4, -0.2) is 16.3 Å². The fraction of sp³-hybridized carbons (Fsp3) is 0.385. The highest BCUT2D eigenvalue weighted by molar-refractivity contribution is 5.84. The zero-order valence-corrected chi connectivity index (χ0v) is 9.49. The van der Waals surface area contributed by atoms with E-state index < -0.39 is 0 Å². The molecule has 0 bridgehead atoms. The van der Waals surface area contributed by atoms with Crippen LogP contribution in [0.15, 0.2) is 24.4 Å². The minimum Gasteiger partial charge on any atom is -0.396 e. The van der Waals surface area contributed by atoms with Crippen molar-refractivity contribution in [2.75, 3.05) is 6.61 Å². The first-order valence-electron chi connectivity index (χ1n) is 5.30. The summed E-state index contributed by atoms with van der Waals surface area (Å²) in [5.74, 6) is 0.217. The average Bonchev–Trinajstić information content (AvgIpc) is 2.53. The zero-order valence-electron chi connectivity index (χ0n) is 9.49. The quantitative estimate of drug-likeness (QED) is 0.797. The van der Waals surface area contributed by atoms with E-state index in [9.17, 15) is 0 Å². The van der Waals surface area contributed by atoms with Crippen molar-refractivity contribution in [3.63, 3.8) is 0 Å². The van der Waals surface area contributed by atoms with Crippen LogP contribution < -0.4 is 0 Å². The van der Waals surface area contributed by atoms with Crippen LogP contribution in [0.25, 0.3) is 10.9 Å². The summed E-state index contributed by atoms with van der Waals surface area (Å²) in [5.41, 5.74) is 3.75. The van der Waals surface area contributed by atoms with Gasteiger partial charge in [0, 0.05) is 36.7 Å². The lowest BCUT2D eigenvalue weighted by Gasteiger charge is -2.08. The number of nitrogens with zero attached hydrogens (tertiary/aromatic N) is 1. The molecule has 1 atom stereocenters. The number of benzene rings is 1. The fourth-order valence-corrected chi connectivity index (χ4v) is 2.02. The minimum atomic E-state index is 0.206. The molecule has 0 spiro atoms. The van der Waals surface area contributed by atoms with Crippen LogP contribution in [0, 0.1) is 6.92 Å². The lowest BCUT2D eigenvalue weighted by Crippen LogP contribution is -1.98. The third-order valence-electron chi connectivity index (χ3n) is 3.06. The van der Waals surface area contributed by atoms with Crippen LogP contribution in [0.2, 0.25) is 0 Å². The number of fused-ring (bicyclic) bond motifs is 1. The second kappa shape index (κ2) is 3.70. The molecule has 0 saturated heterocycles. The van der Waals surface area contributed by atoms with Gasteiger partial charge in [-0.3, -0.25) is 0 Å². The van der Waals surface area contributed by atoms with Gasteiger partial charge in [-0.2, -0.15) is 0 Å². The van der Waals surface area contributed by atoms with Crippen molar-refractivity contribution in [3.05, 3.63) is 35.5 Å². The molecule has 2 rings (SSSR count). The highest BCUT2D eigenvalue weighted by atomic mass is 16.3. The average molecular weight is 203 g/mol. The van der Waals surface area contributed by atoms with Crippen LogP contribution in [0.3, 0.4) is 0 Å². The van der Waals surface area contributed by atoms with E-state index in [1.807, 2.05) is 6.92 Å². The van der Waals surface area contributed by atoms with Gasteiger partial charge in [-0.15, -0.1) is 0 Å². The molecular formula is C13H17NO. The van der Waals surface area contributed by atoms with Gasteiger partial charge >= 0.3 is 0 Å². The Balaban J connectivity index is 2.60. The van der Waals surface area contributed by atoms with Gasteiger partial charge in [-0.05, 0) is 30.2 Å². The Morgan fingerprint density at radius 3 is 2.80 bits per heavy atom. The fourth-order valence-electron chi connectivity index (χ4n) is 2.02. The summed E-state index contributed by atoms with van der Waals surface area (Å²) in [7, 11) is 2.06. The molecule has 1 aromatic heterocycles. The first kappa shape index (κ1) is 10.2. The standard InChI is InChI=1S/C13H17NO/c1-9-7-14(3)13-5-4-11(6-12(9)13)10(2)8-15/h4-7,10,15H,8H2,1-3H3. The summed E-state index contributed by atoms with van der Waals surface area (Å²) < 4.78 is 2.14. The minimum absolute atomic E-state index is 0.206. The molecule has 15 heavy (non-hydrogen) atoms. The SMILES string of the molecule is Cc1cn(C)c2ccc(C(C)CO)cc12. The summed E-state index contributed by atoms with van der Waals surface area (Å²) in [4.78, 5) is 0. The summed E-state index contributed by atoms with van der Waals surface area (Å²) in [5, 5.41) is 10.4. The van der Waals surface area contributed by atoms with E-state index in [-0.39, 0.29) is 12.5 Å². The predicted molar refractivity (Wildman–Crippen MR) is 63.2 cm³/mol. The summed E-state index contributed by atoms with van der Waals surface area (Å²) >= 11 is 0. The number of aliphatic hydroxyl groups is 1. The van der Waals surface area contributed by atoms with Gasteiger partial charge < -0.3 is 9.67 Å². The van der Waals surface area contributed by atoms with Crippen molar-refractivity contribution in [1.82, 2.24) is 4.57 Å². The number of aromatic nitrogens is 1. The number of hydrogen-bond donors (Lipinski definition) is 1. The molecule has 1 N–H and O–H groups in total. The molecule has 0 aliphatic heterocycles. The molecule has 1 heterocycles. The van der Waals surface area contributed by atoms with Crippen LogP contribution in [0.1, 0.15) is 24.0 Å². The van der Waals surface area contributed by atoms with Crippen LogP contribution >= 0.6 is 0 Å². The second-order valence-electron chi connectivity index (χ2n) is 4.28. The highest BCUT2D eigenvalue weighted by Crippen LogP contribution is 2.24. The largest absolute Gasteiger partial charge is 0.396 e. The molecule has 0 aliphatic rings. The summed E-state index contributed by atoms with van der Waals surface area (Å²) in [6.07, 6.45) is 2.14. The van der Waals surface area contributed by atoms with E-state index in [0.717, 1.165) is 0 Å². The van der Waals surface area contributed by atoms with Crippen LogP contribution in [0.5, 0.6) is 0 Å². The highest BCUT2D eigenvalue weighted by Gasteiger charge is 2.07. The lowest BCUT2D eigenvalue weighted by atomic mass is 10.00. The Morgan fingerprint density at radius 2 is 2.13 bits per heavy atom. The Bertz CT molecular complexity index is 484. The number of aliphatic hydroxyl groups excluding tert-OH is 1. The Labute approximate surface area is 90.2 Å². The molecule has 0 saturated carbocycles. The monoisotopic (exact) mass is 203 g/mol. The number of hydrogen-bond acceptors (Lipinski definition) is 1. The number of aryl methyl sites for hydroxylation is 2. The number of rotatable bonds is 2. The zero-order chi connectivity index (χ0) is 11.0.